The number of hydrogen-bond acceptors (Lipinski definition) is 5. The molecule has 3 aromatic rings. The van der Waals surface area contributed by atoms with Gasteiger partial charge in [0.15, 0.2) is 0 Å². The summed E-state index contributed by atoms with van der Waals surface area (Å²) in [5, 5.41) is 1.05. The summed E-state index contributed by atoms with van der Waals surface area (Å²) in [6.07, 6.45) is 1.13. The van der Waals surface area contributed by atoms with E-state index in [0.29, 0.717) is 11.8 Å². The molecule has 1 aromatic carbocycles. The Hall–Kier alpha value is -2.89. The van der Waals surface area contributed by atoms with Crippen LogP contribution in [-0.4, -0.2) is 34.7 Å². The third kappa shape index (κ3) is 2.67. The van der Waals surface area contributed by atoms with Crippen LogP contribution in [0.2, 0.25) is 0 Å². The lowest BCUT2D eigenvalue weighted by Crippen LogP contribution is -2.47. The Bertz CT molecular complexity index is 1090. The molecule has 0 amide bonds. The van der Waals surface area contributed by atoms with E-state index >= 15 is 0 Å². The number of nitrogens with zero attached hydrogens (tertiary/aromatic N) is 4. The minimum Gasteiger partial charge on any atom is -0.497 e. The molecule has 2 atom stereocenters. The first kappa shape index (κ1) is 16.3. The minimum absolute atomic E-state index is 0.112. The summed E-state index contributed by atoms with van der Waals surface area (Å²) in [7, 11) is 1.67. The zero-order valence-electron chi connectivity index (χ0n) is 15.6. The highest BCUT2D eigenvalue weighted by Gasteiger charge is 2.35. The second-order valence-corrected chi connectivity index (χ2v) is 7.60. The summed E-state index contributed by atoms with van der Waals surface area (Å²) in [6, 6.07) is 11.5. The van der Waals surface area contributed by atoms with Crippen LogP contribution in [0.15, 0.2) is 41.2 Å². The van der Waals surface area contributed by atoms with Crippen LogP contribution in [-0.2, 0) is 6.54 Å². The van der Waals surface area contributed by atoms with Gasteiger partial charge in [0.05, 0.1) is 18.3 Å². The Morgan fingerprint density at radius 2 is 2.00 bits per heavy atom. The van der Waals surface area contributed by atoms with Crippen molar-refractivity contribution in [1.29, 1.82) is 0 Å². The molecular formula is C21H22N4O2. The average molecular weight is 362 g/mol. The van der Waals surface area contributed by atoms with Crippen LogP contribution in [0.4, 0.5) is 5.95 Å². The average Bonchev–Trinajstić information content (AvgIpc) is 2.68. The molecule has 2 aliphatic heterocycles. The predicted octanol–water partition coefficient (Wildman–Crippen LogP) is 2.73. The molecule has 4 heterocycles. The van der Waals surface area contributed by atoms with Gasteiger partial charge in [-0.25, -0.2) is 9.97 Å². The Kier molecular flexibility index (Phi) is 3.67. The summed E-state index contributed by atoms with van der Waals surface area (Å²) < 4.78 is 7.30. The van der Waals surface area contributed by atoms with Gasteiger partial charge in [-0.1, -0.05) is 6.07 Å². The largest absolute Gasteiger partial charge is 0.497 e. The predicted molar refractivity (Wildman–Crippen MR) is 105 cm³/mol. The zero-order valence-corrected chi connectivity index (χ0v) is 15.6. The highest BCUT2D eigenvalue weighted by Crippen LogP contribution is 2.36. The van der Waals surface area contributed by atoms with E-state index < -0.39 is 0 Å². The molecule has 1 fully saturated rings. The fourth-order valence-electron chi connectivity index (χ4n) is 4.58. The van der Waals surface area contributed by atoms with Crippen LogP contribution in [0.1, 0.15) is 23.7 Å². The van der Waals surface area contributed by atoms with E-state index in [0.717, 1.165) is 60.0 Å². The summed E-state index contributed by atoms with van der Waals surface area (Å²) in [5.41, 5.74) is 3.14. The highest BCUT2D eigenvalue weighted by molar-refractivity contribution is 5.83. The van der Waals surface area contributed by atoms with E-state index in [1.54, 1.807) is 13.2 Å². The van der Waals surface area contributed by atoms with Crippen molar-refractivity contribution in [3.63, 3.8) is 0 Å². The number of aryl methyl sites for hydroxylation is 1. The molecule has 2 aromatic heterocycles. The fourth-order valence-corrected chi connectivity index (χ4v) is 4.58. The van der Waals surface area contributed by atoms with Gasteiger partial charge in [0.25, 0.3) is 5.56 Å². The molecule has 0 saturated carbocycles. The SMILES string of the molecule is COc1ccc2c(C)nc(N3CC4CC(C3)c3cccc(=O)n3C4)nc2c1. The molecule has 6 nitrogen and oxygen atoms in total. The first-order valence-corrected chi connectivity index (χ1v) is 9.39. The summed E-state index contributed by atoms with van der Waals surface area (Å²) in [5.74, 6) is 2.36. The summed E-state index contributed by atoms with van der Waals surface area (Å²) in [4.78, 5) is 24.1. The van der Waals surface area contributed by atoms with Crippen LogP contribution >= 0.6 is 0 Å². The fraction of sp³-hybridized carbons (Fsp3) is 0.381. The molecule has 5 rings (SSSR count). The summed E-state index contributed by atoms with van der Waals surface area (Å²) in [6.45, 7) is 4.53. The Morgan fingerprint density at radius 1 is 1.11 bits per heavy atom. The van der Waals surface area contributed by atoms with E-state index in [9.17, 15) is 4.79 Å². The van der Waals surface area contributed by atoms with Crippen molar-refractivity contribution in [2.45, 2.75) is 25.8 Å². The molecule has 2 unspecified atom stereocenters. The quantitative estimate of drug-likeness (QED) is 0.702. The second-order valence-electron chi connectivity index (χ2n) is 7.60. The van der Waals surface area contributed by atoms with Gasteiger partial charge in [0.2, 0.25) is 5.95 Å². The molecular weight excluding hydrogens is 340 g/mol. The van der Waals surface area contributed by atoms with Crippen LogP contribution in [0.5, 0.6) is 5.75 Å². The van der Waals surface area contributed by atoms with Crippen molar-refractivity contribution < 1.29 is 4.74 Å². The van der Waals surface area contributed by atoms with Crippen molar-refractivity contribution in [3.8, 4) is 5.75 Å². The number of hydrogen-bond donors (Lipinski definition) is 0. The van der Waals surface area contributed by atoms with E-state index in [1.165, 1.54) is 0 Å². The molecule has 2 bridgehead atoms. The Labute approximate surface area is 157 Å². The Morgan fingerprint density at radius 3 is 2.85 bits per heavy atom. The van der Waals surface area contributed by atoms with E-state index in [4.69, 9.17) is 14.7 Å². The van der Waals surface area contributed by atoms with Gasteiger partial charge in [-0.2, -0.15) is 0 Å². The maximum atomic E-state index is 12.2. The van der Waals surface area contributed by atoms with Crippen LogP contribution in [0, 0.1) is 12.8 Å². The molecule has 138 valence electrons. The minimum atomic E-state index is 0.112. The zero-order chi connectivity index (χ0) is 18.5. The Balaban J connectivity index is 1.54. The number of methoxy groups -OCH3 is 1. The van der Waals surface area contributed by atoms with Gasteiger partial charge in [-0.15, -0.1) is 0 Å². The van der Waals surface area contributed by atoms with Crippen molar-refractivity contribution in [1.82, 2.24) is 14.5 Å². The first-order chi connectivity index (χ1) is 13.1. The van der Waals surface area contributed by atoms with Crippen LogP contribution < -0.4 is 15.2 Å². The molecule has 27 heavy (non-hydrogen) atoms. The first-order valence-electron chi connectivity index (χ1n) is 9.39. The van der Waals surface area contributed by atoms with Gasteiger partial charge in [0, 0.05) is 48.8 Å². The highest BCUT2D eigenvalue weighted by atomic mass is 16.5. The molecule has 1 saturated heterocycles. The van der Waals surface area contributed by atoms with E-state index in [-0.39, 0.29) is 5.56 Å². The van der Waals surface area contributed by atoms with Crippen molar-refractivity contribution in [2.24, 2.45) is 5.92 Å². The standard InChI is InChI=1S/C21H22N4O2/c1-13-17-7-6-16(27-2)9-18(17)23-21(22-13)24-10-14-8-15(12-24)19-4-3-5-20(26)25(19)11-14/h3-7,9,14-15H,8,10-12H2,1-2H3. The third-order valence-corrected chi connectivity index (χ3v) is 5.85. The van der Waals surface area contributed by atoms with Crippen molar-refractivity contribution in [3.05, 3.63) is 58.1 Å². The van der Waals surface area contributed by atoms with E-state index in [1.807, 2.05) is 35.8 Å². The number of fused-ring (bicyclic) bond motifs is 5. The lowest BCUT2D eigenvalue weighted by molar-refractivity contribution is 0.279. The number of rotatable bonds is 2. The lowest BCUT2D eigenvalue weighted by atomic mass is 9.83. The smallest absolute Gasteiger partial charge is 0.250 e. The maximum Gasteiger partial charge on any atom is 0.250 e. The van der Waals surface area contributed by atoms with Gasteiger partial charge < -0.3 is 14.2 Å². The normalized spacial score (nSPS) is 21.2. The second kappa shape index (κ2) is 6.08. The lowest BCUT2D eigenvalue weighted by Gasteiger charge is -2.42. The van der Waals surface area contributed by atoms with Gasteiger partial charge in [-0.05, 0) is 37.5 Å². The van der Waals surface area contributed by atoms with Crippen molar-refractivity contribution in [2.75, 3.05) is 25.1 Å². The van der Waals surface area contributed by atoms with Crippen LogP contribution in [0.25, 0.3) is 10.9 Å². The molecule has 0 aliphatic carbocycles. The number of benzene rings is 1. The topological polar surface area (TPSA) is 60.2 Å². The molecule has 2 aliphatic rings. The molecule has 6 heteroatoms. The van der Waals surface area contributed by atoms with Crippen molar-refractivity contribution >= 4 is 16.9 Å². The number of piperidine rings is 1. The van der Waals surface area contributed by atoms with Crippen LogP contribution in [0.3, 0.4) is 0 Å². The number of ether oxygens (including phenoxy) is 1. The maximum absolute atomic E-state index is 12.2. The number of anilines is 1. The summed E-state index contributed by atoms with van der Waals surface area (Å²) >= 11 is 0. The molecule has 0 radical (unpaired) electrons. The third-order valence-electron chi connectivity index (χ3n) is 5.85. The number of pyridine rings is 1. The number of aromatic nitrogens is 3. The molecule has 0 N–H and O–H groups in total. The van der Waals surface area contributed by atoms with Gasteiger partial charge in [0.1, 0.15) is 5.75 Å². The monoisotopic (exact) mass is 362 g/mol. The molecule has 0 spiro atoms. The van der Waals surface area contributed by atoms with E-state index in [2.05, 4.69) is 11.0 Å². The van der Waals surface area contributed by atoms with Gasteiger partial charge >= 0.3 is 0 Å². The van der Waals surface area contributed by atoms with Gasteiger partial charge in [-0.3, -0.25) is 4.79 Å².